The number of hydrogen-bond donors (Lipinski definition) is 4. The quantitative estimate of drug-likeness (QED) is 0.358. The average Bonchev–Trinajstić information content (AvgIpc) is 1.89. The fourth-order valence-corrected chi connectivity index (χ4v) is 0.514. The van der Waals surface area contributed by atoms with Crippen molar-refractivity contribution in [1.29, 1.82) is 0 Å². The monoisotopic (exact) mass is 134 g/mol. The van der Waals surface area contributed by atoms with E-state index in [1.807, 2.05) is 0 Å². The summed E-state index contributed by atoms with van der Waals surface area (Å²) in [5, 5.41) is 17.7. The third-order valence-corrected chi connectivity index (χ3v) is 1.28. The molecule has 0 aliphatic carbocycles. The van der Waals surface area contributed by atoms with E-state index < -0.39 is 5.60 Å². The lowest BCUT2D eigenvalue weighted by molar-refractivity contribution is -0.0113. The molecule has 0 radical (unpaired) electrons. The Morgan fingerprint density at radius 1 is 1.33 bits per heavy atom. The smallest absolute Gasteiger partial charge is 0.101 e. The largest absolute Gasteiger partial charge is 0.393 e. The van der Waals surface area contributed by atoms with E-state index in [0.29, 0.717) is 13.0 Å². The summed E-state index contributed by atoms with van der Waals surface area (Å²) >= 11 is 0. The molecule has 0 saturated carbocycles. The SMILES string of the molecule is NCCC(O)(CN)CO. The maximum absolute atomic E-state index is 9.17. The normalized spacial score (nSPS) is 17.3. The topological polar surface area (TPSA) is 92.5 Å². The minimum absolute atomic E-state index is 0.0562. The van der Waals surface area contributed by atoms with Gasteiger partial charge in [-0.05, 0) is 13.0 Å². The molecule has 4 nitrogen and oxygen atoms in total. The fourth-order valence-electron chi connectivity index (χ4n) is 0.514. The van der Waals surface area contributed by atoms with Crippen LogP contribution in [0.15, 0.2) is 0 Å². The van der Waals surface area contributed by atoms with Crippen molar-refractivity contribution in [3.05, 3.63) is 0 Å². The molecule has 56 valence electrons. The molecule has 9 heavy (non-hydrogen) atoms. The third-order valence-electron chi connectivity index (χ3n) is 1.28. The van der Waals surface area contributed by atoms with Gasteiger partial charge in [0.2, 0.25) is 0 Å². The molecule has 0 rings (SSSR count). The Morgan fingerprint density at radius 3 is 2.00 bits per heavy atom. The lowest BCUT2D eigenvalue weighted by atomic mass is 10.0. The Balaban J connectivity index is 3.62. The Hall–Kier alpha value is -0.160. The van der Waals surface area contributed by atoms with Crippen LogP contribution in [-0.2, 0) is 0 Å². The van der Waals surface area contributed by atoms with E-state index in [4.69, 9.17) is 16.6 Å². The van der Waals surface area contributed by atoms with Crippen LogP contribution in [0, 0.1) is 0 Å². The molecule has 6 N–H and O–H groups in total. The van der Waals surface area contributed by atoms with Crippen molar-refractivity contribution < 1.29 is 10.2 Å². The zero-order valence-electron chi connectivity index (χ0n) is 5.38. The van der Waals surface area contributed by atoms with E-state index >= 15 is 0 Å². The summed E-state index contributed by atoms with van der Waals surface area (Å²) in [6.45, 7) is 0.0790. The van der Waals surface area contributed by atoms with E-state index in [1.54, 1.807) is 0 Å². The fraction of sp³-hybridized carbons (Fsp3) is 1.00. The van der Waals surface area contributed by atoms with E-state index in [9.17, 15) is 5.11 Å². The van der Waals surface area contributed by atoms with E-state index in [0.717, 1.165) is 0 Å². The highest BCUT2D eigenvalue weighted by atomic mass is 16.3. The summed E-state index contributed by atoms with van der Waals surface area (Å²) in [7, 11) is 0. The predicted octanol–water partition coefficient (Wildman–Crippen LogP) is -1.98. The second-order valence-corrected chi connectivity index (χ2v) is 2.13. The number of aliphatic hydroxyl groups excluding tert-OH is 1. The van der Waals surface area contributed by atoms with Gasteiger partial charge in [-0.2, -0.15) is 0 Å². The molecule has 0 heterocycles. The van der Waals surface area contributed by atoms with Gasteiger partial charge in [-0.3, -0.25) is 0 Å². The van der Waals surface area contributed by atoms with Gasteiger partial charge in [0.1, 0.15) is 5.60 Å². The van der Waals surface area contributed by atoms with Gasteiger partial charge in [-0.1, -0.05) is 0 Å². The number of aliphatic hydroxyl groups is 2. The van der Waals surface area contributed by atoms with Crippen molar-refractivity contribution in [1.82, 2.24) is 0 Å². The minimum Gasteiger partial charge on any atom is -0.393 e. The van der Waals surface area contributed by atoms with Crippen molar-refractivity contribution in [2.24, 2.45) is 11.5 Å². The Labute approximate surface area is 54.5 Å². The molecule has 0 amide bonds. The molecule has 0 aliphatic rings. The van der Waals surface area contributed by atoms with Gasteiger partial charge in [0.05, 0.1) is 6.61 Å². The van der Waals surface area contributed by atoms with Crippen LogP contribution in [-0.4, -0.2) is 35.5 Å². The van der Waals surface area contributed by atoms with Crippen molar-refractivity contribution in [2.75, 3.05) is 19.7 Å². The standard InChI is InChI=1S/C5H14N2O2/c6-2-1-5(9,3-7)4-8/h8-9H,1-4,6-7H2. The van der Waals surface area contributed by atoms with Gasteiger partial charge in [0, 0.05) is 6.54 Å². The number of rotatable bonds is 4. The van der Waals surface area contributed by atoms with Crippen LogP contribution in [0.1, 0.15) is 6.42 Å². The zero-order chi connectivity index (χ0) is 7.33. The summed E-state index contributed by atoms with van der Waals surface area (Å²) in [6, 6.07) is 0. The maximum atomic E-state index is 9.17. The zero-order valence-corrected chi connectivity index (χ0v) is 5.38. The second kappa shape index (κ2) is 3.79. The molecular formula is C5H14N2O2. The Morgan fingerprint density at radius 2 is 1.89 bits per heavy atom. The van der Waals surface area contributed by atoms with Gasteiger partial charge in [-0.15, -0.1) is 0 Å². The molecule has 4 heteroatoms. The lowest BCUT2D eigenvalue weighted by Crippen LogP contribution is -2.43. The Bertz CT molecular complexity index is 73.4. The molecular weight excluding hydrogens is 120 g/mol. The summed E-state index contributed by atoms with van der Waals surface area (Å²) in [4.78, 5) is 0. The third kappa shape index (κ3) is 2.76. The van der Waals surface area contributed by atoms with Gasteiger partial charge in [0.15, 0.2) is 0 Å². The molecule has 0 aromatic rings. The van der Waals surface area contributed by atoms with Crippen LogP contribution in [0.2, 0.25) is 0 Å². The van der Waals surface area contributed by atoms with Crippen LogP contribution in [0.5, 0.6) is 0 Å². The van der Waals surface area contributed by atoms with E-state index in [1.165, 1.54) is 0 Å². The highest BCUT2D eigenvalue weighted by Gasteiger charge is 2.22. The van der Waals surface area contributed by atoms with Gasteiger partial charge in [-0.25, -0.2) is 0 Å². The molecule has 0 aliphatic heterocycles. The highest BCUT2D eigenvalue weighted by Crippen LogP contribution is 2.04. The highest BCUT2D eigenvalue weighted by molar-refractivity contribution is 4.78. The van der Waals surface area contributed by atoms with Crippen molar-refractivity contribution >= 4 is 0 Å². The summed E-state index contributed by atoms with van der Waals surface area (Å²) < 4.78 is 0. The van der Waals surface area contributed by atoms with Crippen LogP contribution in [0.4, 0.5) is 0 Å². The first-order valence-corrected chi connectivity index (χ1v) is 2.92. The minimum atomic E-state index is -1.16. The van der Waals surface area contributed by atoms with Crippen molar-refractivity contribution in [2.45, 2.75) is 12.0 Å². The van der Waals surface area contributed by atoms with Crippen LogP contribution >= 0.6 is 0 Å². The first-order valence-electron chi connectivity index (χ1n) is 2.92. The van der Waals surface area contributed by atoms with Gasteiger partial charge in [0.25, 0.3) is 0 Å². The van der Waals surface area contributed by atoms with E-state index in [-0.39, 0.29) is 13.2 Å². The maximum Gasteiger partial charge on any atom is 0.101 e. The molecule has 1 unspecified atom stereocenters. The van der Waals surface area contributed by atoms with Crippen molar-refractivity contribution in [3.63, 3.8) is 0 Å². The Kier molecular flexibility index (Phi) is 3.72. The predicted molar refractivity (Wildman–Crippen MR) is 34.8 cm³/mol. The molecule has 0 aromatic carbocycles. The van der Waals surface area contributed by atoms with Crippen LogP contribution in [0.3, 0.4) is 0 Å². The summed E-state index contributed by atoms with van der Waals surface area (Å²) in [6.07, 6.45) is 0.347. The second-order valence-electron chi connectivity index (χ2n) is 2.13. The first-order chi connectivity index (χ1) is 4.18. The average molecular weight is 134 g/mol. The van der Waals surface area contributed by atoms with Crippen LogP contribution < -0.4 is 11.5 Å². The molecule has 0 fully saturated rings. The van der Waals surface area contributed by atoms with E-state index in [2.05, 4.69) is 0 Å². The molecule has 1 atom stereocenters. The molecule has 0 aromatic heterocycles. The van der Waals surface area contributed by atoms with Crippen LogP contribution in [0.25, 0.3) is 0 Å². The number of nitrogens with two attached hydrogens (primary N) is 2. The molecule has 0 bridgehead atoms. The first kappa shape index (κ1) is 8.84. The lowest BCUT2D eigenvalue weighted by Gasteiger charge is -2.22. The van der Waals surface area contributed by atoms with Gasteiger partial charge < -0.3 is 21.7 Å². The number of hydrogen-bond acceptors (Lipinski definition) is 4. The van der Waals surface area contributed by atoms with Gasteiger partial charge >= 0.3 is 0 Å². The molecule has 0 saturated heterocycles. The summed E-state index contributed by atoms with van der Waals surface area (Å²) in [5.74, 6) is 0. The van der Waals surface area contributed by atoms with Crippen molar-refractivity contribution in [3.8, 4) is 0 Å². The molecule has 0 spiro atoms. The summed E-state index contributed by atoms with van der Waals surface area (Å²) in [5.41, 5.74) is 9.12.